The number of carbonyl (C=O) groups is 1. The maximum absolute atomic E-state index is 12.0. The van der Waals surface area contributed by atoms with Gasteiger partial charge in [0.25, 0.3) is 5.91 Å². The summed E-state index contributed by atoms with van der Waals surface area (Å²) in [6, 6.07) is 9.48. The van der Waals surface area contributed by atoms with Crippen LogP contribution in [-0.2, 0) is 4.79 Å². The largest absolute Gasteiger partial charge is 0.481 e. The number of likely N-dealkylation sites (tertiary alicyclic amines) is 1. The smallest absolute Gasteiger partial charge is 0.263 e. The molecule has 1 aromatic rings. The molecule has 0 unspecified atom stereocenters. The molecule has 1 aliphatic rings. The molecule has 0 saturated carbocycles. The number of para-hydroxylation sites is 1. The predicted molar refractivity (Wildman–Crippen MR) is 62.3 cm³/mol. The molecule has 0 aromatic heterocycles. The molecule has 0 bridgehead atoms. The van der Waals surface area contributed by atoms with Crippen molar-refractivity contribution < 1.29 is 9.53 Å². The van der Waals surface area contributed by atoms with Gasteiger partial charge in [-0.1, -0.05) is 18.2 Å². The van der Waals surface area contributed by atoms with Gasteiger partial charge in [0, 0.05) is 13.1 Å². The van der Waals surface area contributed by atoms with Crippen molar-refractivity contribution in [1.29, 1.82) is 0 Å². The third-order valence-electron chi connectivity index (χ3n) is 2.82. The molecule has 0 spiro atoms. The van der Waals surface area contributed by atoms with E-state index in [9.17, 15) is 4.79 Å². The summed E-state index contributed by atoms with van der Waals surface area (Å²) >= 11 is 0. The van der Waals surface area contributed by atoms with Crippen LogP contribution in [0.25, 0.3) is 0 Å². The van der Waals surface area contributed by atoms with E-state index in [0.29, 0.717) is 0 Å². The molecule has 1 atom stereocenters. The molecule has 86 valence electrons. The molecule has 3 heteroatoms. The van der Waals surface area contributed by atoms with Crippen LogP contribution in [0.1, 0.15) is 19.8 Å². The van der Waals surface area contributed by atoms with Crippen molar-refractivity contribution in [2.24, 2.45) is 0 Å². The Morgan fingerprint density at radius 2 is 1.88 bits per heavy atom. The Hall–Kier alpha value is -1.51. The van der Waals surface area contributed by atoms with Crippen LogP contribution in [0.3, 0.4) is 0 Å². The Labute approximate surface area is 96.0 Å². The molecule has 2 rings (SSSR count). The third kappa shape index (κ3) is 2.54. The maximum Gasteiger partial charge on any atom is 0.263 e. The van der Waals surface area contributed by atoms with Gasteiger partial charge >= 0.3 is 0 Å². The van der Waals surface area contributed by atoms with Crippen LogP contribution in [0.15, 0.2) is 30.3 Å². The van der Waals surface area contributed by atoms with Crippen LogP contribution in [-0.4, -0.2) is 30.0 Å². The van der Waals surface area contributed by atoms with E-state index in [0.717, 1.165) is 31.7 Å². The van der Waals surface area contributed by atoms with Gasteiger partial charge in [0.15, 0.2) is 6.10 Å². The Morgan fingerprint density at radius 1 is 1.25 bits per heavy atom. The van der Waals surface area contributed by atoms with Crippen molar-refractivity contribution in [1.82, 2.24) is 4.90 Å². The summed E-state index contributed by atoms with van der Waals surface area (Å²) in [5.74, 6) is 0.851. The van der Waals surface area contributed by atoms with Gasteiger partial charge in [-0.2, -0.15) is 0 Å². The van der Waals surface area contributed by atoms with Gasteiger partial charge in [0.1, 0.15) is 5.75 Å². The second kappa shape index (κ2) is 5.01. The maximum atomic E-state index is 12.0. The molecule has 16 heavy (non-hydrogen) atoms. The quantitative estimate of drug-likeness (QED) is 0.779. The molecule has 0 radical (unpaired) electrons. The number of carbonyl (C=O) groups excluding carboxylic acids is 1. The molecular formula is C13H17NO2. The van der Waals surface area contributed by atoms with E-state index in [1.807, 2.05) is 42.2 Å². The zero-order valence-electron chi connectivity index (χ0n) is 9.56. The summed E-state index contributed by atoms with van der Waals surface area (Å²) in [6.07, 6.45) is 1.84. The number of nitrogens with zero attached hydrogens (tertiary/aromatic N) is 1. The Bertz CT molecular complexity index is 344. The molecule has 0 aliphatic carbocycles. The normalized spacial score (nSPS) is 17.2. The lowest BCUT2D eigenvalue weighted by Crippen LogP contribution is -2.38. The van der Waals surface area contributed by atoms with E-state index in [2.05, 4.69) is 0 Å². The van der Waals surface area contributed by atoms with Crippen LogP contribution in [0, 0.1) is 0 Å². The summed E-state index contributed by atoms with van der Waals surface area (Å²) in [7, 11) is 0. The minimum Gasteiger partial charge on any atom is -0.481 e. The van der Waals surface area contributed by atoms with E-state index in [1.54, 1.807) is 0 Å². The SMILES string of the molecule is C[C@H](Oc1ccccc1)C(=O)N1CCCC1. The molecule has 0 N–H and O–H groups in total. The summed E-state index contributed by atoms with van der Waals surface area (Å²) in [5, 5.41) is 0. The second-order valence-corrected chi connectivity index (χ2v) is 4.11. The van der Waals surface area contributed by atoms with Crippen molar-refractivity contribution >= 4 is 5.91 Å². The van der Waals surface area contributed by atoms with Crippen molar-refractivity contribution in [3.63, 3.8) is 0 Å². The van der Waals surface area contributed by atoms with E-state index in [-0.39, 0.29) is 12.0 Å². The number of hydrogen-bond donors (Lipinski definition) is 0. The second-order valence-electron chi connectivity index (χ2n) is 4.11. The van der Waals surface area contributed by atoms with Gasteiger partial charge in [-0.3, -0.25) is 4.79 Å². The number of rotatable bonds is 3. The highest BCUT2D eigenvalue weighted by molar-refractivity contribution is 5.81. The predicted octanol–water partition coefficient (Wildman–Crippen LogP) is 2.08. The van der Waals surface area contributed by atoms with Crippen LogP contribution >= 0.6 is 0 Å². The fourth-order valence-electron chi connectivity index (χ4n) is 1.95. The van der Waals surface area contributed by atoms with E-state index < -0.39 is 0 Å². The van der Waals surface area contributed by atoms with Crippen molar-refractivity contribution in [3.05, 3.63) is 30.3 Å². The summed E-state index contributed by atoms with van der Waals surface area (Å²) in [4.78, 5) is 13.8. The van der Waals surface area contributed by atoms with E-state index in [1.165, 1.54) is 0 Å². The molecule has 1 aromatic carbocycles. The minimum absolute atomic E-state index is 0.0985. The zero-order chi connectivity index (χ0) is 11.4. The van der Waals surface area contributed by atoms with Gasteiger partial charge in [0.05, 0.1) is 0 Å². The molecule has 1 fully saturated rings. The van der Waals surface area contributed by atoms with Gasteiger partial charge in [-0.05, 0) is 31.9 Å². The lowest BCUT2D eigenvalue weighted by molar-refractivity contribution is -0.136. The molecular weight excluding hydrogens is 202 g/mol. The molecule has 1 heterocycles. The third-order valence-corrected chi connectivity index (χ3v) is 2.82. The van der Waals surface area contributed by atoms with Crippen molar-refractivity contribution in [2.75, 3.05) is 13.1 Å². The van der Waals surface area contributed by atoms with Crippen LogP contribution in [0.4, 0.5) is 0 Å². The van der Waals surface area contributed by atoms with Crippen LogP contribution < -0.4 is 4.74 Å². The standard InChI is InChI=1S/C13H17NO2/c1-11(13(15)14-9-5-6-10-14)16-12-7-3-2-4-8-12/h2-4,7-8,11H,5-6,9-10H2,1H3/t11-/m0/s1. The van der Waals surface area contributed by atoms with Crippen LogP contribution in [0.5, 0.6) is 5.75 Å². The fourth-order valence-corrected chi connectivity index (χ4v) is 1.95. The lowest BCUT2D eigenvalue weighted by atomic mass is 10.3. The number of ether oxygens (including phenoxy) is 1. The highest BCUT2D eigenvalue weighted by atomic mass is 16.5. The van der Waals surface area contributed by atoms with Crippen molar-refractivity contribution in [3.8, 4) is 5.75 Å². The Kier molecular flexibility index (Phi) is 3.44. The Morgan fingerprint density at radius 3 is 2.50 bits per heavy atom. The molecule has 1 saturated heterocycles. The topological polar surface area (TPSA) is 29.5 Å². The van der Waals surface area contributed by atoms with E-state index >= 15 is 0 Å². The van der Waals surface area contributed by atoms with Crippen molar-refractivity contribution in [2.45, 2.75) is 25.9 Å². The van der Waals surface area contributed by atoms with Crippen LogP contribution in [0.2, 0.25) is 0 Å². The monoisotopic (exact) mass is 219 g/mol. The van der Waals surface area contributed by atoms with Gasteiger partial charge in [-0.15, -0.1) is 0 Å². The summed E-state index contributed by atoms with van der Waals surface area (Å²) in [6.45, 7) is 3.57. The highest BCUT2D eigenvalue weighted by Gasteiger charge is 2.24. The molecule has 1 aliphatic heterocycles. The minimum atomic E-state index is -0.388. The van der Waals surface area contributed by atoms with E-state index in [4.69, 9.17) is 4.74 Å². The highest BCUT2D eigenvalue weighted by Crippen LogP contribution is 2.14. The first-order valence-corrected chi connectivity index (χ1v) is 5.78. The summed E-state index contributed by atoms with van der Waals surface area (Å²) < 4.78 is 5.60. The number of amides is 1. The molecule has 1 amide bonds. The van der Waals surface area contributed by atoms with Gasteiger partial charge < -0.3 is 9.64 Å². The average Bonchev–Trinajstić information content (AvgIpc) is 2.83. The first-order valence-electron chi connectivity index (χ1n) is 5.78. The zero-order valence-corrected chi connectivity index (χ0v) is 9.56. The van der Waals surface area contributed by atoms with Gasteiger partial charge in [-0.25, -0.2) is 0 Å². The fraction of sp³-hybridized carbons (Fsp3) is 0.462. The average molecular weight is 219 g/mol. The lowest BCUT2D eigenvalue weighted by Gasteiger charge is -2.21. The molecule has 3 nitrogen and oxygen atoms in total. The first-order chi connectivity index (χ1) is 7.77. The Balaban J connectivity index is 1.92. The van der Waals surface area contributed by atoms with Gasteiger partial charge in [0.2, 0.25) is 0 Å². The summed E-state index contributed by atoms with van der Waals surface area (Å²) in [5.41, 5.74) is 0. The number of benzene rings is 1. The number of hydrogen-bond acceptors (Lipinski definition) is 2. The first kappa shape index (κ1) is 11.0.